The van der Waals surface area contributed by atoms with E-state index < -0.39 is 0 Å². The molecule has 0 aliphatic heterocycles. The molecule has 5 aromatic carbocycles. The number of carbonyl (C=O) groups is 8. The topological polar surface area (TPSA) is 240 Å². The SMILES string of the molecule is CCC(=O)N(C)c1ccc(-c2ccc(C(=O)Cc3nc(C)cs3)cc2)c(C)c1.CCC(=O)N(C)c1ccc(-c2ccc(C(=O)Cc3nc(C)cs3)cn2)c(C)c1.CCC(=O)N(C)c1ccc(-c2ccc(C(=O)Cc3nc(C)cs3)nc2)c(C)c1.CCC(=O)N(C)c1ccc(-c2ccc(C(=O)Cc3nc(C)cs3)nc2)cc1Cl. The smallest absolute Gasteiger partial charge is 0.226 e. The largest absolute Gasteiger partial charge is 0.316 e. The molecule has 7 aromatic heterocycles. The van der Waals surface area contributed by atoms with Gasteiger partial charge in [-0.3, -0.25) is 53.3 Å². The first-order valence-corrected chi connectivity index (χ1v) is 40.4. The Balaban J connectivity index is 0.000000171. The zero-order chi connectivity index (χ0) is 81.0. The first kappa shape index (κ1) is 84.9. The minimum Gasteiger partial charge on any atom is -0.316 e. The van der Waals surface area contributed by atoms with Gasteiger partial charge < -0.3 is 19.6 Å². The monoisotopic (exact) mass is 1590 g/mol. The summed E-state index contributed by atoms with van der Waals surface area (Å²) < 4.78 is 0. The molecule has 0 aliphatic rings. The zero-order valence-corrected chi connectivity index (χ0v) is 69.6. The van der Waals surface area contributed by atoms with Crippen molar-refractivity contribution in [3.8, 4) is 44.6 Å². The number of halogens is 1. The second kappa shape index (κ2) is 39.7. The number of thiazole rings is 4. The Hall–Kier alpha value is -11.1. The lowest BCUT2D eigenvalue weighted by Crippen LogP contribution is -2.25. The summed E-state index contributed by atoms with van der Waals surface area (Å²) in [6.07, 6.45) is 8.00. The average Bonchev–Trinajstić information content (AvgIpc) is 0.840. The van der Waals surface area contributed by atoms with Crippen LogP contribution in [0.5, 0.6) is 0 Å². The van der Waals surface area contributed by atoms with Crippen LogP contribution in [-0.2, 0) is 44.9 Å². The van der Waals surface area contributed by atoms with E-state index >= 15 is 0 Å². The number of ketones is 4. The minimum absolute atomic E-state index is 0.00499. The number of aryl methyl sites for hydroxylation is 7. The van der Waals surface area contributed by atoms with Gasteiger partial charge in [-0.2, -0.15) is 0 Å². The summed E-state index contributed by atoms with van der Waals surface area (Å²) in [4.78, 5) is 134. The molecule has 0 atom stereocenters. The Morgan fingerprint density at radius 2 is 0.688 bits per heavy atom. The third kappa shape index (κ3) is 22.6. The number of aromatic nitrogens is 7. The maximum absolute atomic E-state index is 12.5. The van der Waals surface area contributed by atoms with Crippen LogP contribution < -0.4 is 19.6 Å². The van der Waals surface area contributed by atoms with Gasteiger partial charge in [0.1, 0.15) is 31.4 Å². The number of hydrogen-bond acceptors (Lipinski definition) is 19. The lowest BCUT2D eigenvalue weighted by Gasteiger charge is -2.18. The van der Waals surface area contributed by atoms with Crippen LogP contribution in [0.3, 0.4) is 0 Å². The second-order valence-corrected chi connectivity index (χ2v) is 30.9. The van der Waals surface area contributed by atoms with Gasteiger partial charge in [-0.1, -0.05) is 100.0 Å². The van der Waals surface area contributed by atoms with Gasteiger partial charge in [-0.05, 0) is 160 Å². The van der Waals surface area contributed by atoms with E-state index in [0.29, 0.717) is 71.7 Å². The minimum atomic E-state index is -0.0611. The highest BCUT2D eigenvalue weighted by Gasteiger charge is 2.20. The van der Waals surface area contributed by atoms with Crippen molar-refractivity contribution in [3.63, 3.8) is 0 Å². The Morgan fingerprint density at radius 1 is 0.339 bits per heavy atom. The Bertz CT molecular complexity index is 4970. The number of rotatable bonds is 24. The number of benzene rings is 5. The van der Waals surface area contributed by atoms with Gasteiger partial charge in [0.05, 0.1) is 42.1 Å². The zero-order valence-electron chi connectivity index (χ0n) is 65.6. The molecule has 0 fully saturated rings. The Kier molecular flexibility index (Phi) is 30.1. The fraction of sp³-hybridized carbons (Fsp3) is 0.261. The molecular weight excluding hydrogens is 1500 g/mol. The molecule has 19 nitrogen and oxygen atoms in total. The van der Waals surface area contributed by atoms with Gasteiger partial charge in [-0.25, -0.2) is 19.9 Å². The van der Waals surface area contributed by atoms with Crippen molar-refractivity contribution >= 4 is 126 Å². The molecular formula is C88H90ClN11O8S4. The van der Waals surface area contributed by atoms with Crippen LogP contribution in [0.1, 0.15) is 155 Å². The summed E-state index contributed by atoms with van der Waals surface area (Å²) in [5.74, 6) is 0.227. The number of nitrogens with zero attached hydrogens (tertiary/aromatic N) is 11. The molecule has 0 N–H and O–H groups in total. The summed E-state index contributed by atoms with van der Waals surface area (Å²) in [5, 5.41) is 11.5. The summed E-state index contributed by atoms with van der Waals surface area (Å²) in [6.45, 7) is 21.1. The Labute approximate surface area is 675 Å². The number of amides is 4. The number of pyridine rings is 3. The van der Waals surface area contributed by atoms with E-state index in [1.165, 1.54) is 45.3 Å². The molecule has 0 bridgehead atoms. The van der Waals surface area contributed by atoms with Crippen LogP contribution in [0, 0.1) is 48.5 Å². The van der Waals surface area contributed by atoms with Crippen LogP contribution in [-0.4, -0.2) is 110 Å². The van der Waals surface area contributed by atoms with E-state index in [2.05, 4.69) is 34.9 Å². The van der Waals surface area contributed by atoms with Crippen molar-refractivity contribution in [1.82, 2.24) is 34.9 Å². The number of hydrogen-bond donors (Lipinski definition) is 0. The number of anilines is 4. The van der Waals surface area contributed by atoms with Crippen molar-refractivity contribution in [2.45, 2.75) is 128 Å². The van der Waals surface area contributed by atoms with Gasteiger partial charge >= 0.3 is 0 Å². The molecule has 24 heteroatoms. The third-order valence-electron chi connectivity index (χ3n) is 18.3. The molecule has 0 unspecified atom stereocenters. The lowest BCUT2D eigenvalue weighted by molar-refractivity contribution is -0.118. The van der Waals surface area contributed by atoms with Gasteiger partial charge in [0, 0.05) is 162 Å². The summed E-state index contributed by atoms with van der Waals surface area (Å²) in [7, 11) is 7.07. The molecule has 4 amide bonds. The van der Waals surface area contributed by atoms with E-state index in [1.807, 2.05) is 213 Å². The highest BCUT2D eigenvalue weighted by molar-refractivity contribution is 7.10. The molecule has 12 aromatic rings. The average molecular weight is 1590 g/mol. The summed E-state index contributed by atoms with van der Waals surface area (Å²) in [5.41, 5.74) is 19.9. The van der Waals surface area contributed by atoms with Crippen molar-refractivity contribution in [2.24, 2.45) is 0 Å². The van der Waals surface area contributed by atoms with Crippen molar-refractivity contribution in [1.29, 1.82) is 0 Å². The fourth-order valence-corrected chi connectivity index (χ4v) is 15.2. The molecule has 0 saturated carbocycles. The van der Waals surface area contributed by atoms with Crippen molar-refractivity contribution in [2.75, 3.05) is 47.8 Å². The maximum Gasteiger partial charge on any atom is 0.226 e. The lowest BCUT2D eigenvalue weighted by atomic mass is 9.97. The van der Waals surface area contributed by atoms with Gasteiger partial charge in [0.15, 0.2) is 23.1 Å². The van der Waals surface area contributed by atoms with Gasteiger partial charge in [-0.15, -0.1) is 45.3 Å². The normalized spacial score (nSPS) is 10.7. The van der Waals surface area contributed by atoms with Crippen molar-refractivity contribution in [3.05, 3.63) is 261 Å². The predicted octanol–water partition coefficient (Wildman–Crippen LogP) is 19.4. The van der Waals surface area contributed by atoms with Crippen molar-refractivity contribution < 1.29 is 38.4 Å². The standard InChI is InChI=1S/C23H24N2O2S.2C22H23N3O2S.C21H20ClN3O2S/c1-5-23(27)25(4)19-10-11-20(15(2)12-19)17-6-8-18(9-7-17)21(26)13-22-24-16(3)14-28-22;1-5-22(27)25(4)17-7-8-18(14(2)10-17)19-9-6-16(12-23-19)20(26)11-21-24-15(3)13-28-21;1-5-22(27)25(4)17-7-8-18(14(2)10-17)16-6-9-19(23-12-16)20(26)11-21-24-15(3)13-28-21;1-4-21(27)25(3)18-8-6-14(9-16(18)22)15-5-7-17(23-11-15)19(26)10-20-24-13(2)12-28-20/h6-12,14H,5,13H2,1-4H3;2*6-10,12-13H,5,11H2,1-4H3;5-9,11-12H,4,10H2,1-3H3. The van der Waals surface area contributed by atoms with E-state index in [9.17, 15) is 38.4 Å². The fourth-order valence-electron chi connectivity index (χ4n) is 11.8. The molecule has 0 radical (unpaired) electrons. The van der Waals surface area contributed by atoms with E-state index in [-0.39, 0.29) is 59.6 Å². The first-order chi connectivity index (χ1) is 53.5. The van der Waals surface area contributed by atoms with E-state index in [0.717, 1.165) is 121 Å². The van der Waals surface area contributed by atoms with Crippen LogP contribution in [0.2, 0.25) is 5.02 Å². The summed E-state index contributed by atoms with van der Waals surface area (Å²) >= 11 is 12.4. The predicted molar refractivity (Wildman–Crippen MR) is 454 cm³/mol. The van der Waals surface area contributed by atoms with Gasteiger partial charge in [0.2, 0.25) is 23.6 Å². The number of Topliss-reactive ketones (excluding diaryl/α,β-unsaturated/α-hetero) is 4. The molecule has 112 heavy (non-hydrogen) atoms. The molecule has 0 aliphatic carbocycles. The summed E-state index contributed by atoms with van der Waals surface area (Å²) in [6, 6.07) is 41.9. The van der Waals surface area contributed by atoms with Crippen LogP contribution >= 0.6 is 56.9 Å². The Morgan fingerprint density at radius 3 is 1.04 bits per heavy atom. The van der Waals surface area contributed by atoms with Gasteiger partial charge in [0.25, 0.3) is 0 Å². The maximum atomic E-state index is 12.5. The van der Waals surface area contributed by atoms with E-state index in [4.69, 9.17) is 11.6 Å². The van der Waals surface area contributed by atoms with E-state index in [1.54, 1.807) is 84.6 Å². The second-order valence-electron chi connectivity index (χ2n) is 26.7. The molecule has 576 valence electrons. The molecule has 12 rings (SSSR count). The first-order valence-electron chi connectivity index (χ1n) is 36.5. The molecule has 7 heterocycles. The third-order valence-corrected chi connectivity index (χ3v) is 22.5. The molecule has 0 saturated heterocycles. The number of carbonyl (C=O) groups excluding carboxylic acids is 8. The quantitative estimate of drug-likeness (QED) is 0.0511. The van der Waals surface area contributed by atoms with Crippen LogP contribution in [0.25, 0.3) is 44.6 Å². The molecule has 0 spiro atoms. The highest BCUT2D eigenvalue weighted by atomic mass is 35.5. The van der Waals surface area contributed by atoms with Crippen LogP contribution in [0.4, 0.5) is 22.7 Å². The highest BCUT2D eigenvalue weighted by Crippen LogP contribution is 2.34. The van der Waals surface area contributed by atoms with Crippen LogP contribution in [0.15, 0.2) is 174 Å².